The first-order chi connectivity index (χ1) is 7.79. The summed E-state index contributed by atoms with van der Waals surface area (Å²) in [6.45, 7) is 0. The summed E-state index contributed by atoms with van der Waals surface area (Å²) in [6, 6.07) is 6.10. The van der Waals surface area contributed by atoms with E-state index in [9.17, 15) is 4.79 Å². The number of alkyl halides is 1. The molecule has 0 radical (unpaired) electrons. The number of benzene rings is 1. The zero-order valence-electron chi connectivity index (χ0n) is 9.00. The number of carbonyl (C=O) groups is 1. The number of anilines is 1. The summed E-state index contributed by atoms with van der Waals surface area (Å²) >= 11 is 5.60. The first-order valence-electron chi connectivity index (χ1n) is 5.45. The van der Waals surface area contributed by atoms with Crippen molar-refractivity contribution in [1.29, 1.82) is 0 Å². The molecular formula is C13H14ClNO. The number of hydrogen-bond acceptors (Lipinski definition) is 1. The van der Waals surface area contributed by atoms with Crippen molar-refractivity contribution < 1.29 is 4.79 Å². The largest absolute Gasteiger partial charge is 0.326 e. The van der Waals surface area contributed by atoms with E-state index in [2.05, 4.69) is 23.5 Å². The van der Waals surface area contributed by atoms with Crippen LogP contribution in [0.25, 0.3) is 6.08 Å². The van der Waals surface area contributed by atoms with Crippen LogP contribution < -0.4 is 5.32 Å². The van der Waals surface area contributed by atoms with Gasteiger partial charge >= 0.3 is 0 Å². The predicted molar refractivity (Wildman–Crippen MR) is 67.8 cm³/mol. The average Bonchev–Trinajstić information content (AvgIpc) is 2.29. The highest BCUT2D eigenvalue weighted by atomic mass is 35.5. The number of aryl methyl sites for hydroxylation is 1. The number of allylic oxidation sites excluding steroid dienone is 1. The van der Waals surface area contributed by atoms with E-state index in [1.54, 1.807) is 0 Å². The van der Waals surface area contributed by atoms with Crippen LogP contribution in [0.15, 0.2) is 24.3 Å². The highest BCUT2D eigenvalue weighted by molar-refractivity contribution is 6.17. The molecule has 1 aromatic carbocycles. The normalized spacial score (nSPS) is 14.9. The van der Waals surface area contributed by atoms with Crippen molar-refractivity contribution in [3.05, 3.63) is 35.4 Å². The molecule has 2 rings (SSSR count). The fraction of sp³-hybridized carbons (Fsp3) is 0.308. The summed E-state index contributed by atoms with van der Waals surface area (Å²) in [4.78, 5) is 11.2. The Balaban J connectivity index is 2.16. The summed E-state index contributed by atoms with van der Waals surface area (Å²) in [6.07, 6.45) is 6.44. The van der Waals surface area contributed by atoms with Gasteiger partial charge < -0.3 is 5.32 Å². The van der Waals surface area contributed by atoms with Crippen molar-refractivity contribution in [2.45, 2.75) is 19.3 Å². The zero-order chi connectivity index (χ0) is 11.4. The Bertz CT molecular complexity index is 426. The molecule has 0 saturated carbocycles. The van der Waals surface area contributed by atoms with E-state index >= 15 is 0 Å². The minimum absolute atomic E-state index is 0.109. The van der Waals surface area contributed by atoms with Crippen LogP contribution in [0.4, 0.5) is 5.69 Å². The van der Waals surface area contributed by atoms with Crippen LogP contribution in [0.3, 0.4) is 0 Å². The lowest BCUT2D eigenvalue weighted by Crippen LogP contribution is -2.18. The van der Waals surface area contributed by atoms with Gasteiger partial charge in [-0.1, -0.05) is 18.2 Å². The molecule has 0 saturated heterocycles. The van der Waals surface area contributed by atoms with E-state index < -0.39 is 0 Å². The number of rotatable bonds is 3. The first kappa shape index (κ1) is 11.2. The molecule has 0 aliphatic carbocycles. The van der Waals surface area contributed by atoms with Gasteiger partial charge in [0.1, 0.15) is 0 Å². The molecule has 0 spiro atoms. The van der Waals surface area contributed by atoms with Crippen LogP contribution in [0.1, 0.15) is 24.0 Å². The highest BCUT2D eigenvalue weighted by Crippen LogP contribution is 2.24. The molecule has 1 heterocycles. The van der Waals surface area contributed by atoms with Gasteiger partial charge in [-0.3, -0.25) is 4.79 Å². The van der Waals surface area contributed by atoms with E-state index in [1.807, 2.05) is 12.1 Å². The van der Waals surface area contributed by atoms with Gasteiger partial charge in [0.2, 0.25) is 5.91 Å². The maximum absolute atomic E-state index is 11.2. The van der Waals surface area contributed by atoms with Gasteiger partial charge in [0.25, 0.3) is 0 Å². The second-order valence-electron chi connectivity index (χ2n) is 3.84. The second kappa shape index (κ2) is 5.17. The summed E-state index contributed by atoms with van der Waals surface area (Å²) in [5, 5.41) is 2.87. The monoisotopic (exact) mass is 235 g/mol. The molecule has 0 fully saturated rings. The van der Waals surface area contributed by atoms with Gasteiger partial charge in [-0.05, 0) is 36.1 Å². The number of fused-ring (bicyclic) bond motifs is 1. The van der Waals surface area contributed by atoms with Crippen molar-refractivity contribution in [3.63, 3.8) is 0 Å². The van der Waals surface area contributed by atoms with Crippen molar-refractivity contribution in [2.75, 3.05) is 11.2 Å². The van der Waals surface area contributed by atoms with E-state index in [-0.39, 0.29) is 5.91 Å². The fourth-order valence-corrected chi connectivity index (χ4v) is 1.92. The smallest absolute Gasteiger partial charge is 0.224 e. The van der Waals surface area contributed by atoms with E-state index in [1.165, 1.54) is 11.1 Å². The number of amides is 1. The van der Waals surface area contributed by atoms with Crippen LogP contribution in [0.2, 0.25) is 0 Å². The minimum atomic E-state index is 0.109. The van der Waals surface area contributed by atoms with Crippen molar-refractivity contribution >= 4 is 29.3 Å². The lowest BCUT2D eigenvalue weighted by molar-refractivity contribution is -0.116. The molecule has 16 heavy (non-hydrogen) atoms. The van der Waals surface area contributed by atoms with E-state index in [0.717, 1.165) is 18.5 Å². The molecule has 0 atom stereocenters. The molecule has 84 valence electrons. The Morgan fingerprint density at radius 1 is 1.38 bits per heavy atom. The summed E-state index contributed by atoms with van der Waals surface area (Å²) in [7, 11) is 0. The number of halogens is 1. The molecule has 1 N–H and O–H groups in total. The Morgan fingerprint density at radius 2 is 2.25 bits per heavy atom. The lowest BCUT2D eigenvalue weighted by Gasteiger charge is -2.16. The molecule has 0 aromatic heterocycles. The molecule has 1 aliphatic rings. The number of carbonyl (C=O) groups excluding carboxylic acids is 1. The molecule has 2 nitrogen and oxygen atoms in total. The van der Waals surface area contributed by atoms with Gasteiger partial charge in [-0.25, -0.2) is 0 Å². The summed E-state index contributed by atoms with van der Waals surface area (Å²) < 4.78 is 0. The standard InChI is InChI=1S/C13H14ClNO/c14-8-2-1-3-10-4-6-12-11(9-10)5-7-13(16)15-12/h1,3-4,6,9H,2,5,7-8H2,(H,15,16)/b3-1+. The lowest BCUT2D eigenvalue weighted by atomic mass is 10.0. The molecule has 0 unspecified atom stereocenters. The molecular weight excluding hydrogens is 222 g/mol. The highest BCUT2D eigenvalue weighted by Gasteiger charge is 2.13. The summed E-state index contributed by atoms with van der Waals surface area (Å²) in [5.41, 5.74) is 3.33. The Labute approximate surface area is 100 Å². The number of hydrogen-bond donors (Lipinski definition) is 1. The molecule has 0 bridgehead atoms. The third kappa shape index (κ3) is 2.64. The van der Waals surface area contributed by atoms with Crippen molar-refractivity contribution in [3.8, 4) is 0 Å². The van der Waals surface area contributed by atoms with E-state index in [0.29, 0.717) is 12.3 Å². The van der Waals surface area contributed by atoms with E-state index in [4.69, 9.17) is 11.6 Å². The van der Waals surface area contributed by atoms with Crippen LogP contribution in [-0.4, -0.2) is 11.8 Å². The van der Waals surface area contributed by atoms with Crippen molar-refractivity contribution in [2.24, 2.45) is 0 Å². The SMILES string of the molecule is O=C1CCc2cc(/C=C/CCCl)ccc2N1. The Kier molecular flexibility index (Phi) is 3.62. The molecule has 1 aliphatic heterocycles. The third-order valence-electron chi connectivity index (χ3n) is 2.61. The first-order valence-corrected chi connectivity index (χ1v) is 5.98. The molecule has 3 heteroatoms. The van der Waals surface area contributed by atoms with Gasteiger partial charge in [0.15, 0.2) is 0 Å². The van der Waals surface area contributed by atoms with Gasteiger partial charge in [0, 0.05) is 18.0 Å². The Morgan fingerprint density at radius 3 is 3.06 bits per heavy atom. The fourth-order valence-electron chi connectivity index (χ4n) is 1.79. The van der Waals surface area contributed by atoms with Crippen LogP contribution in [-0.2, 0) is 11.2 Å². The zero-order valence-corrected chi connectivity index (χ0v) is 9.76. The molecule has 1 aromatic rings. The van der Waals surface area contributed by atoms with Crippen molar-refractivity contribution in [1.82, 2.24) is 0 Å². The third-order valence-corrected chi connectivity index (χ3v) is 2.83. The Hall–Kier alpha value is -1.28. The quantitative estimate of drug-likeness (QED) is 0.801. The maximum Gasteiger partial charge on any atom is 0.224 e. The maximum atomic E-state index is 11.2. The number of nitrogens with one attached hydrogen (secondary N) is 1. The van der Waals surface area contributed by atoms with Crippen LogP contribution >= 0.6 is 11.6 Å². The average molecular weight is 236 g/mol. The second-order valence-corrected chi connectivity index (χ2v) is 4.22. The van der Waals surface area contributed by atoms with Gasteiger partial charge in [-0.15, -0.1) is 11.6 Å². The molecule has 1 amide bonds. The predicted octanol–water partition coefficient (Wildman–Crippen LogP) is 3.21. The van der Waals surface area contributed by atoms with Gasteiger partial charge in [0.05, 0.1) is 0 Å². The topological polar surface area (TPSA) is 29.1 Å². The van der Waals surface area contributed by atoms with Gasteiger partial charge in [-0.2, -0.15) is 0 Å². The van der Waals surface area contributed by atoms with Crippen LogP contribution in [0.5, 0.6) is 0 Å². The summed E-state index contributed by atoms with van der Waals surface area (Å²) in [5.74, 6) is 0.759. The minimum Gasteiger partial charge on any atom is -0.326 e. The van der Waals surface area contributed by atoms with Crippen LogP contribution in [0, 0.1) is 0 Å².